The lowest BCUT2D eigenvalue weighted by molar-refractivity contribution is -0.0430. The van der Waals surface area contributed by atoms with E-state index in [-0.39, 0.29) is 4.90 Å². The van der Waals surface area contributed by atoms with Gasteiger partial charge in [0, 0.05) is 23.3 Å². The van der Waals surface area contributed by atoms with Crippen LogP contribution in [-0.2, 0) is 19.5 Å². The normalized spacial score (nSPS) is 16.0. The monoisotopic (exact) mass is 344 g/mol. The Kier molecular flexibility index (Phi) is 3.64. The van der Waals surface area contributed by atoms with Crippen LogP contribution in [0.3, 0.4) is 0 Å². The average Bonchev–Trinajstić information content (AvgIpc) is 3.25. The van der Waals surface area contributed by atoms with Crippen molar-refractivity contribution in [2.24, 2.45) is 0 Å². The molecule has 0 atom stereocenters. The Morgan fingerprint density at radius 1 is 1.08 bits per heavy atom. The molecule has 24 heavy (non-hydrogen) atoms. The smallest absolute Gasteiger partial charge is 0.269 e. The highest BCUT2D eigenvalue weighted by atomic mass is 32.2. The van der Waals surface area contributed by atoms with E-state index in [0.29, 0.717) is 24.2 Å². The van der Waals surface area contributed by atoms with Crippen molar-refractivity contribution in [3.05, 3.63) is 59.9 Å². The van der Waals surface area contributed by atoms with E-state index >= 15 is 0 Å². The minimum absolute atomic E-state index is 0.228. The van der Waals surface area contributed by atoms with Gasteiger partial charge in [-0.2, -0.15) is 0 Å². The third kappa shape index (κ3) is 2.41. The Morgan fingerprint density at radius 2 is 1.79 bits per heavy atom. The molecule has 1 fully saturated rings. The Balaban J connectivity index is 1.85. The van der Waals surface area contributed by atoms with Crippen LogP contribution < -0.4 is 0 Å². The molecule has 6 nitrogen and oxygen atoms in total. The standard InChI is InChI=1S/C17H16N2O4S/c1-12-2-4-13(5-3-12)24(20,21)19-9-7-14-15(6-8-18-16(14)19)17-22-10-11-23-17/h2-9,17H,10-11H2,1H3. The maximum absolute atomic E-state index is 12.9. The van der Waals surface area contributed by atoms with Crippen LogP contribution in [0.5, 0.6) is 0 Å². The van der Waals surface area contributed by atoms with Crippen molar-refractivity contribution in [3.63, 3.8) is 0 Å². The molecule has 1 aliphatic rings. The summed E-state index contributed by atoms with van der Waals surface area (Å²) in [7, 11) is -3.71. The first kappa shape index (κ1) is 15.3. The first-order chi connectivity index (χ1) is 11.6. The third-order valence-corrected chi connectivity index (χ3v) is 5.72. The number of hydrogen-bond donors (Lipinski definition) is 0. The van der Waals surface area contributed by atoms with Gasteiger partial charge in [-0.15, -0.1) is 0 Å². The van der Waals surface area contributed by atoms with Crippen LogP contribution in [0.2, 0.25) is 0 Å². The maximum Gasteiger partial charge on any atom is 0.269 e. The van der Waals surface area contributed by atoms with Crippen LogP contribution in [-0.4, -0.2) is 30.6 Å². The van der Waals surface area contributed by atoms with Crippen molar-refractivity contribution < 1.29 is 17.9 Å². The van der Waals surface area contributed by atoms with E-state index in [1.165, 1.54) is 10.2 Å². The predicted octanol–water partition coefficient (Wildman–Crippen LogP) is 2.63. The molecule has 1 saturated heterocycles. The second-order valence-corrected chi connectivity index (χ2v) is 7.46. The number of ether oxygens (including phenoxy) is 2. The molecular weight excluding hydrogens is 328 g/mol. The number of fused-ring (bicyclic) bond motifs is 1. The van der Waals surface area contributed by atoms with E-state index in [4.69, 9.17) is 9.47 Å². The molecule has 0 N–H and O–H groups in total. The van der Waals surface area contributed by atoms with Crippen molar-refractivity contribution in [2.75, 3.05) is 13.2 Å². The fourth-order valence-electron chi connectivity index (χ4n) is 2.80. The van der Waals surface area contributed by atoms with Crippen molar-refractivity contribution in [1.29, 1.82) is 0 Å². The molecule has 3 heterocycles. The van der Waals surface area contributed by atoms with Crippen LogP contribution in [0, 0.1) is 6.92 Å². The number of aromatic nitrogens is 2. The van der Waals surface area contributed by atoms with Crippen LogP contribution in [0.25, 0.3) is 11.0 Å². The molecule has 1 aromatic carbocycles. The zero-order chi connectivity index (χ0) is 16.7. The number of aryl methyl sites for hydroxylation is 1. The molecule has 4 rings (SSSR count). The lowest BCUT2D eigenvalue weighted by Crippen LogP contribution is -2.12. The lowest BCUT2D eigenvalue weighted by Gasteiger charge is -2.11. The van der Waals surface area contributed by atoms with Crippen LogP contribution in [0.15, 0.2) is 53.7 Å². The summed E-state index contributed by atoms with van der Waals surface area (Å²) in [5.41, 5.74) is 2.16. The molecule has 0 saturated carbocycles. The fourth-order valence-corrected chi connectivity index (χ4v) is 4.10. The van der Waals surface area contributed by atoms with E-state index in [1.54, 1.807) is 42.6 Å². The van der Waals surface area contributed by atoms with Crippen LogP contribution in [0.4, 0.5) is 0 Å². The van der Waals surface area contributed by atoms with Gasteiger partial charge in [0.05, 0.1) is 18.1 Å². The van der Waals surface area contributed by atoms with E-state index < -0.39 is 16.3 Å². The second kappa shape index (κ2) is 5.70. The first-order valence-electron chi connectivity index (χ1n) is 7.59. The number of nitrogens with zero attached hydrogens (tertiary/aromatic N) is 2. The molecule has 7 heteroatoms. The Labute approximate surface area is 139 Å². The van der Waals surface area contributed by atoms with E-state index in [9.17, 15) is 8.42 Å². The largest absolute Gasteiger partial charge is 0.346 e. The molecule has 0 aliphatic carbocycles. The highest BCUT2D eigenvalue weighted by Gasteiger charge is 2.25. The van der Waals surface area contributed by atoms with E-state index in [0.717, 1.165) is 11.1 Å². The summed E-state index contributed by atoms with van der Waals surface area (Å²) in [5.74, 6) is 0. The quantitative estimate of drug-likeness (QED) is 0.730. The summed E-state index contributed by atoms with van der Waals surface area (Å²) >= 11 is 0. The summed E-state index contributed by atoms with van der Waals surface area (Å²) in [6, 6.07) is 10.3. The maximum atomic E-state index is 12.9. The second-order valence-electron chi connectivity index (χ2n) is 5.64. The molecule has 0 radical (unpaired) electrons. The Hall–Kier alpha value is -2.22. The molecule has 1 aliphatic heterocycles. The molecule has 0 unspecified atom stereocenters. The molecule has 0 bridgehead atoms. The summed E-state index contributed by atoms with van der Waals surface area (Å²) in [5, 5.41) is 0.708. The van der Waals surface area contributed by atoms with Gasteiger partial charge in [0.15, 0.2) is 11.9 Å². The van der Waals surface area contributed by atoms with Crippen molar-refractivity contribution >= 4 is 21.1 Å². The van der Waals surface area contributed by atoms with Gasteiger partial charge >= 0.3 is 0 Å². The van der Waals surface area contributed by atoms with Crippen molar-refractivity contribution in [3.8, 4) is 0 Å². The number of rotatable bonds is 3. The third-order valence-electron chi connectivity index (χ3n) is 4.04. The minimum Gasteiger partial charge on any atom is -0.346 e. The van der Waals surface area contributed by atoms with Gasteiger partial charge in [-0.1, -0.05) is 17.7 Å². The van der Waals surface area contributed by atoms with E-state index in [1.807, 2.05) is 6.92 Å². The molecule has 124 valence electrons. The minimum atomic E-state index is -3.71. The van der Waals surface area contributed by atoms with Gasteiger partial charge in [-0.05, 0) is 31.2 Å². The van der Waals surface area contributed by atoms with Gasteiger partial charge in [0.25, 0.3) is 10.0 Å². The SMILES string of the molecule is Cc1ccc(S(=O)(=O)n2ccc3c(C4OCCO4)ccnc32)cc1. The zero-order valence-corrected chi connectivity index (χ0v) is 13.9. The van der Waals surface area contributed by atoms with Gasteiger partial charge < -0.3 is 9.47 Å². The summed E-state index contributed by atoms with van der Waals surface area (Å²) in [4.78, 5) is 4.48. The number of benzene rings is 1. The molecule has 0 spiro atoms. The van der Waals surface area contributed by atoms with Gasteiger partial charge in [0.2, 0.25) is 0 Å². The topological polar surface area (TPSA) is 70.4 Å². The van der Waals surface area contributed by atoms with Crippen molar-refractivity contribution in [2.45, 2.75) is 18.1 Å². The first-order valence-corrected chi connectivity index (χ1v) is 9.03. The number of hydrogen-bond acceptors (Lipinski definition) is 5. The Morgan fingerprint density at radius 3 is 2.50 bits per heavy atom. The predicted molar refractivity (Wildman–Crippen MR) is 88.1 cm³/mol. The van der Waals surface area contributed by atoms with Gasteiger partial charge in [-0.25, -0.2) is 17.4 Å². The molecule has 3 aromatic rings. The van der Waals surface area contributed by atoms with Gasteiger partial charge in [0.1, 0.15) is 0 Å². The number of pyridine rings is 1. The molecule has 0 amide bonds. The van der Waals surface area contributed by atoms with Gasteiger partial charge in [-0.3, -0.25) is 0 Å². The fraction of sp³-hybridized carbons (Fsp3) is 0.235. The van der Waals surface area contributed by atoms with E-state index in [2.05, 4.69) is 4.98 Å². The highest BCUT2D eigenvalue weighted by molar-refractivity contribution is 7.90. The Bertz CT molecular complexity index is 987. The van der Waals surface area contributed by atoms with Crippen LogP contribution >= 0.6 is 0 Å². The molecular formula is C17H16N2O4S. The summed E-state index contributed by atoms with van der Waals surface area (Å²) in [6.45, 7) is 2.96. The summed E-state index contributed by atoms with van der Waals surface area (Å²) in [6.07, 6.45) is 2.61. The lowest BCUT2D eigenvalue weighted by atomic mass is 10.2. The van der Waals surface area contributed by atoms with Crippen molar-refractivity contribution in [1.82, 2.24) is 8.96 Å². The summed E-state index contributed by atoms with van der Waals surface area (Å²) < 4.78 is 38.1. The van der Waals surface area contributed by atoms with Crippen LogP contribution in [0.1, 0.15) is 17.4 Å². The highest BCUT2D eigenvalue weighted by Crippen LogP contribution is 2.31. The average molecular weight is 344 g/mol. The zero-order valence-electron chi connectivity index (χ0n) is 13.0. The molecule has 2 aromatic heterocycles.